The molecule has 0 aromatic carbocycles. The quantitative estimate of drug-likeness (QED) is 0.809. The highest BCUT2D eigenvalue weighted by Gasteiger charge is 2.23. The molecule has 0 radical (unpaired) electrons. The van der Waals surface area contributed by atoms with E-state index in [1.165, 1.54) is 44.5 Å². The molecular weight excluding hydrogens is 312 g/mol. The first-order valence-corrected chi connectivity index (χ1v) is 9.98. The van der Waals surface area contributed by atoms with Crippen molar-refractivity contribution >= 4 is 5.91 Å². The van der Waals surface area contributed by atoms with Crippen LogP contribution in [-0.4, -0.2) is 39.7 Å². The van der Waals surface area contributed by atoms with Gasteiger partial charge < -0.3 is 5.32 Å². The number of aromatic nitrogens is 2. The Labute approximate surface area is 150 Å². The van der Waals surface area contributed by atoms with Crippen LogP contribution in [0.4, 0.5) is 0 Å². The average molecular weight is 342 g/mol. The first-order chi connectivity index (χ1) is 12.3. The lowest BCUT2D eigenvalue weighted by Gasteiger charge is -2.26. The van der Waals surface area contributed by atoms with E-state index in [1.54, 1.807) is 0 Å². The van der Waals surface area contributed by atoms with Crippen LogP contribution < -0.4 is 5.32 Å². The minimum Gasteiger partial charge on any atom is -0.353 e. The Hall–Kier alpha value is -1.62. The minimum absolute atomic E-state index is 0.178. The van der Waals surface area contributed by atoms with Crippen molar-refractivity contribution < 1.29 is 4.79 Å². The summed E-state index contributed by atoms with van der Waals surface area (Å²) in [5.74, 6) is 0.989. The van der Waals surface area contributed by atoms with Crippen molar-refractivity contribution in [3.05, 3.63) is 29.6 Å². The fourth-order valence-electron chi connectivity index (χ4n) is 4.02. The standard InChI is InChI=1S/C20H30N4O/c25-20(21-17-7-8-17)10-9-18-13-19-15-23(11-4-12-24(19)22-18)14-16-5-2-1-3-6-16/h1-2,13,16-17H,3-12,14-15H2,(H,21,25)/t16-/m1/s1. The molecule has 4 rings (SSSR count). The maximum absolute atomic E-state index is 11.9. The lowest BCUT2D eigenvalue weighted by molar-refractivity contribution is -0.121. The first kappa shape index (κ1) is 16.8. The number of hydrogen-bond donors (Lipinski definition) is 1. The number of aryl methyl sites for hydroxylation is 2. The van der Waals surface area contributed by atoms with E-state index in [9.17, 15) is 4.79 Å². The molecule has 0 saturated heterocycles. The number of fused-ring (bicyclic) bond motifs is 1. The van der Waals surface area contributed by atoms with Crippen molar-refractivity contribution in [2.24, 2.45) is 5.92 Å². The summed E-state index contributed by atoms with van der Waals surface area (Å²) >= 11 is 0. The third-order valence-electron chi connectivity index (χ3n) is 5.59. The third kappa shape index (κ3) is 4.72. The van der Waals surface area contributed by atoms with E-state index < -0.39 is 0 Å². The summed E-state index contributed by atoms with van der Waals surface area (Å²) < 4.78 is 2.18. The molecular formula is C20H30N4O. The van der Waals surface area contributed by atoms with E-state index in [4.69, 9.17) is 5.10 Å². The Balaban J connectivity index is 1.31. The summed E-state index contributed by atoms with van der Waals surface area (Å²) in [7, 11) is 0. The van der Waals surface area contributed by atoms with Crippen molar-refractivity contribution in [2.45, 2.75) is 70.5 Å². The smallest absolute Gasteiger partial charge is 0.220 e. The van der Waals surface area contributed by atoms with Crippen LogP contribution in [0, 0.1) is 5.92 Å². The third-order valence-corrected chi connectivity index (χ3v) is 5.59. The first-order valence-electron chi connectivity index (χ1n) is 9.98. The molecule has 1 atom stereocenters. The molecule has 5 heteroatoms. The zero-order valence-electron chi connectivity index (χ0n) is 15.1. The Bertz CT molecular complexity index is 632. The maximum Gasteiger partial charge on any atom is 0.220 e. The zero-order chi connectivity index (χ0) is 17.1. The van der Waals surface area contributed by atoms with E-state index in [0.29, 0.717) is 12.5 Å². The summed E-state index contributed by atoms with van der Waals surface area (Å²) in [5, 5.41) is 7.82. The Morgan fingerprint density at radius 2 is 2.16 bits per heavy atom. The lowest BCUT2D eigenvalue weighted by atomic mass is 9.94. The topological polar surface area (TPSA) is 50.2 Å². The van der Waals surface area contributed by atoms with Crippen molar-refractivity contribution in [3.63, 3.8) is 0 Å². The molecule has 136 valence electrons. The largest absolute Gasteiger partial charge is 0.353 e. The van der Waals surface area contributed by atoms with Crippen molar-refractivity contribution in [1.82, 2.24) is 20.0 Å². The molecule has 1 saturated carbocycles. The summed E-state index contributed by atoms with van der Waals surface area (Å²) in [6, 6.07) is 2.68. The molecule has 0 spiro atoms. The zero-order valence-corrected chi connectivity index (χ0v) is 15.1. The second-order valence-corrected chi connectivity index (χ2v) is 7.93. The Morgan fingerprint density at radius 3 is 2.96 bits per heavy atom. The van der Waals surface area contributed by atoms with Gasteiger partial charge in [0.2, 0.25) is 5.91 Å². The number of nitrogens with zero attached hydrogens (tertiary/aromatic N) is 3. The molecule has 1 N–H and O–H groups in total. The van der Waals surface area contributed by atoms with Gasteiger partial charge in [0.05, 0.1) is 11.4 Å². The van der Waals surface area contributed by atoms with E-state index in [1.807, 2.05) is 0 Å². The number of amides is 1. The summed E-state index contributed by atoms with van der Waals surface area (Å²) in [6.45, 7) is 4.38. The SMILES string of the molecule is O=C(CCc1cc2n(n1)CCCN(C[C@@H]1CC=CCC1)C2)NC1CC1. The predicted octanol–water partition coefficient (Wildman–Crippen LogP) is 2.66. The highest BCUT2D eigenvalue weighted by Crippen LogP contribution is 2.22. The highest BCUT2D eigenvalue weighted by molar-refractivity contribution is 5.76. The molecule has 0 unspecified atom stereocenters. The van der Waals surface area contributed by atoms with Crippen LogP contribution in [0.3, 0.4) is 0 Å². The summed E-state index contributed by atoms with van der Waals surface area (Å²) in [4.78, 5) is 14.5. The predicted molar refractivity (Wildman–Crippen MR) is 98.1 cm³/mol. The minimum atomic E-state index is 0.178. The second-order valence-electron chi connectivity index (χ2n) is 7.93. The van der Waals surface area contributed by atoms with E-state index in [0.717, 1.165) is 44.0 Å². The highest BCUT2D eigenvalue weighted by atomic mass is 16.1. The molecule has 1 aromatic heterocycles. The number of rotatable bonds is 6. The van der Waals surface area contributed by atoms with Crippen LogP contribution >= 0.6 is 0 Å². The fourth-order valence-corrected chi connectivity index (χ4v) is 4.02. The van der Waals surface area contributed by atoms with Gasteiger partial charge in [0.25, 0.3) is 0 Å². The maximum atomic E-state index is 11.9. The van der Waals surface area contributed by atoms with Gasteiger partial charge in [0.15, 0.2) is 0 Å². The molecule has 5 nitrogen and oxygen atoms in total. The Kier molecular flexibility index (Phi) is 5.20. The van der Waals surface area contributed by atoms with Crippen molar-refractivity contribution in [2.75, 3.05) is 13.1 Å². The van der Waals surface area contributed by atoms with Gasteiger partial charge in [-0.15, -0.1) is 0 Å². The Morgan fingerprint density at radius 1 is 1.24 bits per heavy atom. The monoisotopic (exact) mass is 342 g/mol. The molecule has 1 fully saturated rings. The lowest BCUT2D eigenvalue weighted by Crippen LogP contribution is -2.29. The van der Waals surface area contributed by atoms with Gasteiger partial charge in [-0.2, -0.15) is 5.10 Å². The molecule has 2 heterocycles. The number of carbonyl (C=O) groups is 1. The number of allylic oxidation sites excluding steroid dienone is 2. The molecule has 25 heavy (non-hydrogen) atoms. The molecule has 1 aromatic rings. The number of nitrogens with one attached hydrogen (secondary N) is 1. The van der Waals surface area contributed by atoms with Crippen LogP contribution in [0.1, 0.15) is 56.3 Å². The van der Waals surface area contributed by atoms with Gasteiger partial charge in [0.1, 0.15) is 0 Å². The summed E-state index contributed by atoms with van der Waals surface area (Å²) in [6.07, 6.45) is 13.2. The number of carbonyl (C=O) groups excluding carboxylic acids is 1. The average Bonchev–Trinajstić information content (AvgIpc) is 3.37. The van der Waals surface area contributed by atoms with Crippen molar-refractivity contribution in [3.8, 4) is 0 Å². The normalized spacial score (nSPS) is 23.9. The summed E-state index contributed by atoms with van der Waals surface area (Å²) in [5.41, 5.74) is 2.39. The fraction of sp³-hybridized carbons (Fsp3) is 0.700. The van der Waals surface area contributed by atoms with Gasteiger partial charge in [-0.05, 0) is 50.5 Å². The van der Waals surface area contributed by atoms with Crippen LogP contribution in [-0.2, 0) is 24.3 Å². The van der Waals surface area contributed by atoms with Crippen LogP contribution in [0.5, 0.6) is 0 Å². The molecule has 2 aliphatic carbocycles. The number of hydrogen-bond acceptors (Lipinski definition) is 3. The second kappa shape index (κ2) is 7.73. The molecule has 0 bridgehead atoms. The van der Waals surface area contributed by atoms with E-state index in [-0.39, 0.29) is 5.91 Å². The van der Waals surface area contributed by atoms with Gasteiger partial charge in [-0.1, -0.05) is 12.2 Å². The van der Waals surface area contributed by atoms with Crippen LogP contribution in [0.25, 0.3) is 0 Å². The van der Waals surface area contributed by atoms with Crippen LogP contribution in [0.15, 0.2) is 18.2 Å². The molecule has 1 aliphatic heterocycles. The van der Waals surface area contributed by atoms with Gasteiger partial charge in [-0.3, -0.25) is 14.4 Å². The van der Waals surface area contributed by atoms with Gasteiger partial charge in [0, 0.05) is 45.1 Å². The van der Waals surface area contributed by atoms with E-state index in [2.05, 4.69) is 33.1 Å². The van der Waals surface area contributed by atoms with Crippen molar-refractivity contribution in [1.29, 1.82) is 0 Å². The molecule has 3 aliphatic rings. The van der Waals surface area contributed by atoms with Gasteiger partial charge in [-0.25, -0.2) is 0 Å². The van der Waals surface area contributed by atoms with E-state index >= 15 is 0 Å². The van der Waals surface area contributed by atoms with Gasteiger partial charge >= 0.3 is 0 Å². The van der Waals surface area contributed by atoms with Crippen LogP contribution in [0.2, 0.25) is 0 Å². The molecule has 1 amide bonds.